The Bertz CT molecular complexity index is 152. The van der Waals surface area contributed by atoms with Crippen LogP contribution >= 0.6 is 0 Å². The molecule has 0 saturated heterocycles. The number of hydrogen-bond donors (Lipinski definition) is 0. The molecule has 1 aliphatic rings. The molecule has 0 bridgehead atoms. The Balaban J connectivity index is 0. The maximum atomic E-state index is 3.78. The summed E-state index contributed by atoms with van der Waals surface area (Å²) in [7, 11) is 0. The van der Waals surface area contributed by atoms with Crippen molar-refractivity contribution in [3.8, 4) is 0 Å². The van der Waals surface area contributed by atoms with Gasteiger partial charge in [0.2, 0.25) is 0 Å². The van der Waals surface area contributed by atoms with Crippen LogP contribution in [0.25, 0.3) is 0 Å². The van der Waals surface area contributed by atoms with E-state index < -0.39 is 0 Å². The molecule has 0 N–H and O–H groups in total. The van der Waals surface area contributed by atoms with Gasteiger partial charge in [0, 0.05) is 0 Å². The smallest absolute Gasteiger partial charge is 0.0276 e. The van der Waals surface area contributed by atoms with Gasteiger partial charge in [0.05, 0.1) is 0 Å². The minimum absolute atomic E-state index is 1.20. The quantitative estimate of drug-likeness (QED) is 0.561. The monoisotopic (exact) mass is 194 g/mol. The summed E-state index contributed by atoms with van der Waals surface area (Å²) in [6.45, 7) is 15.6. The van der Waals surface area contributed by atoms with E-state index in [4.69, 9.17) is 0 Å². The Kier molecular flexibility index (Phi) is 13.7. The Morgan fingerprint density at radius 1 is 0.786 bits per heavy atom. The van der Waals surface area contributed by atoms with E-state index >= 15 is 0 Å². The molecule has 0 aromatic carbocycles. The zero-order valence-corrected chi connectivity index (χ0v) is 10.4. The van der Waals surface area contributed by atoms with Gasteiger partial charge in [-0.3, -0.25) is 0 Å². The zero-order chi connectivity index (χ0) is 11.4. The van der Waals surface area contributed by atoms with Crippen molar-refractivity contribution in [1.82, 2.24) is 0 Å². The first-order valence-corrected chi connectivity index (χ1v) is 5.85. The molecular formula is C14H26. The van der Waals surface area contributed by atoms with Crippen LogP contribution in [0.1, 0.15) is 53.4 Å². The van der Waals surface area contributed by atoms with Crippen molar-refractivity contribution in [2.45, 2.75) is 53.4 Å². The second-order valence-corrected chi connectivity index (χ2v) is 2.67. The van der Waals surface area contributed by atoms with Crippen molar-refractivity contribution >= 4 is 0 Å². The highest BCUT2D eigenvalue weighted by molar-refractivity contribution is 5.32. The molecule has 0 unspecified atom stereocenters. The van der Waals surface area contributed by atoms with E-state index in [1.54, 1.807) is 0 Å². The summed E-state index contributed by atoms with van der Waals surface area (Å²) in [6.07, 6.45) is 8.97. The zero-order valence-electron chi connectivity index (χ0n) is 10.4. The van der Waals surface area contributed by atoms with E-state index in [0.717, 1.165) is 0 Å². The molecule has 0 aliphatic heterocycles. The van der Waals surface area contributed by atoms with E-state index in [0.29, 0.717) is 0 Å². The maximum absolute atomic E-state index is 3.78. The predicted octanol–water partition coefficient (Wildman–Crippen LogP) is 5.28. The molecule has 0 amide bonds. The Hall–Kier alpha value is -0.780. The molecule has 82 valence electrons. The maximum Gasteiger partial charge on any atom is -0.0276 e. The third kappa shape index (κ3) is 5.80. The van der Waals surface area contributed by atoms with Crippen molar-refractivity contribution in [3.05, 3.63) is 36.5 Å². The first kappa shape index (κ1) is 15.7. The highest BCUT2D eigenvalue weighted by Crippen LogP contribution is 2.25. The van der Waals surface area contributed by atoms with Gasteiger partial charge in [-0.05, 0) is 36.8 Å². The number of hydrogen-bond acceptors (Lipinski definition) is 0. The molecular weight excluding hydrogens is 168 g/mol. The van der Waals surface area contributed by atoms with Gasteiger partial charge in [-0.1, -0.05) is 53.0 Å². The van der Waals surface area contributed by atoms with Gasteiger partial charge in [0.15, 0.2) is 0 Å². The van der Waals surface area contributed by atoms with Crippen molar-refractivity contribution < 1.29 is 0 Å². The molecule has 0 heteroatoms. The minimum atomic E-state index is 1.20. The summed E-state index contributed by atoms with van der Waals surface area (Å²) < 4.78 is 0. The van der Waals surface area contributed by atoms with Crippen molar-refractivity contribution in [2.75, 3.05) is 0 Å². The highest BCUT2D eigenvalue weighted by atomic mass is 14.1. The average molecular weight is 194 g/mol. The van der Waals surface area contributed by atoms with Crippen LogP contribution in [0.3, 0.4) is 0 Å². The first-order chi connectivity index (χ1) is 6.88. The third-order valence-electron chi connectivity index (χ3n) is 2.05. The van der Waals surface area contributed by atoms with Crippen LogP contribution in [-0.4, -0.2) is 0 Å². The lowest BCUT2D eigenvalue weighted by atomic mass is 9.92. The van der Waals surface area contributed by atoms with Crippen LogP contribution in [0.2, 0.25) is 0 Å². The van der Waals surface area contributed by atoms with Gasteiger partial charge >= 0.3 is 0 Å². The summed E-state index contributed by atoms with van der Waals surface area (Å²) in [6, 6.07) is 0. The molecule has 0 aromatic heterocycles. The van der Waals surface area contributed by atoms with Gasteiger partial charge in [0.1, 0.15) is 0 Å². The molecule has 0 heterocycles. The van der Waals surface area contributed by atoms with Crippen LogP contribution in [-0.2, 0) is 0 Å². The van der Waals surface area contributed by atoms with Crippen molar-refractivity contribution in [1.29, 1.82) is 0 Å². The Morgan fingerprint density at radius 3 is 1.29 bits per heavy atom. The predicted molar refractivity (Wildman–Crippen MR) is 68.6 cm³/mol. The minimum Gasteiger partial charge on any atom is -0.0988 e. The molecule has 0 spiro atoms. The van der Waals surface area contributed by atoms with Gasteiger partial charge in [-0.15, -0.1) is 0 Å². The number of allylic oxidation sites excluding steroid dienone is 4. The SMILES string of the molecule is C=CC1=C(C=C)CCCC1.CC.CC. The summed E-state index contributed by atoms with van der Waals surface area (Å²) in [5.74, 6) is 0. The Labute approximate surface area is 90.4 Å². The summed E-state index contributed by atoms with van der Waals surface area (Å²) in [5.41, 5.74) is 2.81. The lowest BCUT2D eigenvalue weighted by molar-refractivity contribution is 0.694. The topological polar surface area (TPSA) is 0 Å². The number of rotatable bonds is 2. The van der Waals surface area contributed by atoms with Crippen LogP contribution in [0.15, 0.2) is 36.5 Å². The molecule has 14 heavy (non-hydrogen) atoms. The second-order valence-electron chi connectivity index (χ2n) is 2.67. The normalized spacial score (nSPS) is 14.3. The fraction of sp³-hybridized carbons (Fsp3) is 0.571. The summed E-state index contributed by atoms with van der Waals surface area (Å²) in [4.78, 5) is 0. The molecule has 0 saturated carbocycles. The fourth-order valence-corrected chi connectivity index (χ4v) is 1.42. The van der Waals surface area contributed by atoms with Gasteiger partial charge in [0.25, 0.3) is 0 Å². The fourth-order valence-electron chi connectivity index (χ4n) is 1.42. The van der Waals surface area contributed by atoms with Crippen molar-refractivity contribution in [3.63, 3.8) is 0 Å². The van der Waals surface area contributed by atoms with Crippen LogP contribution in [0.5, 0.6) is 0 Å². The Morgan fingerprint density at radius 2 is 1.07 bits per heavy atom. The second kappa shape index (κ2) is 12.2. The molecule has 0 aromatic rings. The standard InChI is InChI=1S/C10H14.2C2H6/c1-3-9-7-5-6-8-10(9)4-2;2*1-2/h3-4H,1-2,5-8H2;2*1-2H3. The highest BCUT2D eigenvalue weighted by Gasteiger charge is 2.05. The largest absolute Gasteiger partial charge is 0.0988 e. The lowest BCUT2D eigenvalue weighted by Crippen LogP contribution is -1.94. The summed E-state index contributed by atoms with van der Waals surface area (Å²) >= 11 is 0. The molecule has 0 atom stereocenters. The van der Waals surface area contributed by atoms with E-state index in [9.17, 15) is 0 Å². The molecule has 0 fully saturated rings. The van der Waals surface area contributed by atoms with Gasteiger partial charge in [-0.25, -0.2) is 0 Å². The molecule has 0 nitrogen and oxygen atoms in total. The molecule has 1 rings (SSSR count). The van der Waals surface area contributed by atoms with Gasteiger partial charge < -0.3 is 0 Å². The summed E-state index contributed by atoms with van der Waals surface area (Å²) in [5, 5.41) is 0. The average Bonchev–Trinajstić information content (AvgIpc) is 2.34. The third-order valence-corrected chi connectivity index (χ3v) is 2.05. The van der Waals surface area contributed by atoms with Crippen LogP contribution < -0.4 is 0 Å². The molecule has 0 radical (unpaired) electrons. The first-order valence-electron chi connectivity index (χ1n) is 5.85. The van der Waals surface area contributed by atoms with E-state index in [2.05, 4.69) is 13.2 Å². The van der Waals surface area contributed by atoms with Crippen molar-refractivity contribution in [2.24, 2.45) is 0 Å². The molecule has 1 aliphatic carbocycles. The van der Waals surface area contributed by atoms with E-state index in [1.807, 2.05) is 39.8 Å². The van der Waals surface area contributed by atoms with Crippen LogP contribution in [0.4, 0.5) is 0 Å². The van der Waals surface area contributed by atoms with E-state index in [-0.39, 0.29) is 0 Å². The van der Waals surface area contributed by atoms with Crippen LogP contribution in [0, 0.1) is 0 Å². The van der Waals surface area contributed by atoms with Gasteiger partial charge in [-0.2, -0.15) is 0 Å². The lowest BCUT2D eigenvalue weighted by Gasteiger charge is -2.14. The van der Waals surface area contributed by atoms with E-state index in [1.165, 1.54) is 36.8 Å².